The molecule has 0 aliphatic rings. The topological polar surface area (TPSA) is 149 Å². The van der Waals surface area contributed by atoms with Crippen LogP contribution in [0.3, 0.4) is 0 Å². The van der Waals surface area contributed by atoms with Crippen LogP contribution < -0.4 is 0 Å². The highest BCUT2D eigenvalue weighted by Crippen LogP contribution is 2.24. The Morgan fingerprint density at radius 2 is 1.09 bits per heavy atom. The number of carboxylic acid groups (broad SMARTS) is 4. The zero-order valence-electron chi connectivity index (χ0n) is 18.1. The third kappa shape index (κ3) is 7.23. The molecule has 2 aromatic carbocycles. The maximum Gasteiger partial charge on any atom is 0.336 e. The fraction of sp³-hybridized carbons (Fsp3) is 0.333. The Labute approximate surface area is 186 Å². The van der Waals surface area contributed by atoms with Crippen molar-refractivity contribution in [3.05, 3.63) is 69.8 Å². The van der Waals surface area contributed by atoms with Crippen molar-refractivity contribution in [2.75, 3.05) is 0 Å². The molecule has 0 saturated heterocycles. The number of benzene rings is 2. The lowest BCUT2D eigenvalue weighted by molar-refractivity contribution is 0.0650. The molecule has 0 saturated carbocycles. The van der Waals surface area contributed by atoms with E-state index in [2.05, 4.69) is 6.92 Å². The van der Waals surface area contributed by atoms with Crippen molar-refractivity contribution >= 4 is 23.9 Å². The van der Waals surface area contributed by atoms with Crippen molar-refractivity contribution in [1.82, 2.24) is 0 Å². The normalized spacial score (nSPS) is 10.1. The van der Waals surface area contributed by atoms with Crippen LogP contribution in [-0.2, 0) is 12.8 Å². The summed E-state index contributed by atoms with van der Waals surface area (Å²) in [4.78, 5) is 43.6. The van der Waals surface area contributed by atoms with Crippen LogP contribution in [-0.4, -0.2) is 44.3 Å². The number of aromatic carboxylic acids is 4. The van der Waals surface area contributed by atoms with Gasteiger partial charge < -0.3 is 20.4 Å². The van der Waals surface area contributed by atoms with Gasteiger partial charge >= 0.3 is 23.9 Å². The van der Waals surface area contributed by atoms with Crippen molar-refractivity contribution in [3.8, 4) is 0 Å². The average Bonchev–Trinajstić information content (AvgIpc) is 2.75. The Hall–Kier alpha value is -3.68. The standard InChI is InChI=1S/C16H22O4.C8H6O4/c1-3-5-7-11-9-10-13(15(17)18)14(16(19)20)12(11)8-6-4-2;9-7(10)5-3-1-2-4-6(5)8(11)12/h9-10H,3-8H2,1-2H3,(H,17,18)(H,19,20);1-4H,(H,9,10)(H,11,12). The van der Waals surface area contributed by atoms with Crippen LogP contribution in [0, 0.1) is 0 Å². The van der Waals surface area contributed by atoms with Crippen molar-refractivity contribution in [2.45, 2.75) is 52.4 Å². The summed E-state index contributed by atoms with van der Waals surface area (Å²) in [7, 11) is 0. The van der Waals surface area contributed by atoms with Gasteiger partial charge in [-0.05, 0) is 55.0 Å². The third-order valence-corrected chi connectivity index (χ3v) is 4.82. The number of hydrogen-bond acceptors (Lipinski definition) is 4. The van der Waals surface area contributed by atoms with E-state index in [0.717, 1.165) is 37.7 Å². The molecule has 0 unspecified atom stereocenters. The summed E-state index contributed by atoms with van der Waals surface area (Å²) in [5.74, 6) is -4.78. The number of hydrogen-bond donors (Lipinski definition) is 4. The van der Waals surface area contributed by atoms with E-state index in [9.17, 15) is 24.3 Å². The lowest BCUT2D eigenvalue weighted by atomic mass is 9.90. The second-order valence-electron chi connectivity index (χ2n) is 7.10. The van der Waals surface area contributed by atoms with Gasteiger partial charge in [-0.1, -0.05) is 44.9 Å². The molecular weight excluding hydrogens is 416 g/mol. The molecule has 172 valence electrons. The first-order valence-electron chi connectivity index (χ1n) is 10.3. The summed E-state index contributed by atoms with van der Waals surface area (Å²) in [5.41, 5.74) is 1.16. The van der Waals surface area contributed by atoms with E-state index in [4.69, 9.17) is 15.3 Å². The van der Waals surface area contributed by atoms with Gasteiger partial charge in [0.2, 0.25) is 0 Å². The highest BCUT2D eigenvalue weighted by molar-refractivity contribution is 6.03. The second kappa shape index (κ2) is 12.9. The quantitative estimate of drug-likeness (QED) is 0.406. The van der Waals surface area contributed by atoms with E-state index in [1.165, 1.54) is 30.3 Å². The van der Waals surface area contributed by atoms with E-state index < -0.39 is 23.9 Å². The molecule has 4 N–H and O–H groups in total. The minimum atomic E-state index is -1.23. The molecule has 32 heavy (non-hydrogen) atoms. The first kappa shape index (κ1) is 26.4. The Kier molecular flexibility index (Phi) is 10.6. The summed E-state index contributed by atoms with van der Waals surface area (Å²) < 4.78 is 0. The number of carbonyl (C=O) groups is 4. The molecule has 8 nitrogen and oxygen atoms in total. The molecule has 0 aliphatic carbocycles. The summed E-state index contributed by atoms with van der Waals surface area (Å²) in [6.07, 6.45) is 5.24. The van der Waals surface area contributed by atoms with Crippen LogP contribution in [0.1, 0.15) is 92.1 Å². The second-order valence-corrected chi connectivity index (χ2v) is 7.10. The van der Waals surface area contributed by atoms with Gasteiger partial charge in [0, 0.05) is 0 Å². The largest absolute Gasteiger partial charge is 0.478 e. The molecule has 0 heterocycles. The molecule has 0 aromatic heterocycles. The van der Waals surface area contributed by atoms with Crippen LogP contribution in [0.25, 0.3) is 0 Å². The minimum Gasteiger partial charge on any atom is -0.478 e. The number of rotatable bonds is 10. The van der Waals surface area contributed by atoms with Gasteiger partial charge in [0.25, 0.3) is 0 Å². The maximum atomic E-state index is 11.5. The first-order valence-corrected chi connectivity index (χ1v) is 10.3. The highest BCUT2D eigenvalue weighted by Gasteiger charge is 2.22. The van der Waals surface area contributed by atoms with Gasteiger partial charge in [0.15, 0.2) is 0 Å². The van der Waals surface area contributed by atoms with E-state index in [-0.39, 0.29) is 22.3 Å². The molecule has 0 atom stereocenters. The summed E-state index contributed by atoms with van der Waals surface area (Å²) in [5, 5.41) is 35.7. The van der Waals surface area contributed by atoms with Crippen LogP contribution >= 0.6 is 0 Å². The van der Waals surface area contributed by atoms with E-state index >= 15 is 0 Å². The Morgan fingerprint density at radius 1 is 0.625 bits per heavy atom. The van der Waals surface area contributed by atoms with Crippen molar-refractivity contribution < 1.29 is 39.6 Å². The molecule has 0 radical (unpaired) electrons. The molecular formula is C24H28O8. The molecule has 8 heteroatoms. The first-order chi connectivity index (χ1) is 15.1. The lowest BCUT2D eigenvalue weighted by Gasteiger charge is -2.14. The molecule has 2 rings (SSSR count). The third-order valence-electron chi connectivity index (χ3n) is 4.82. The van der Waals surface area contributed by atoms with Gasteiger partial charge in [-0.2, -0.15) is 0 Å². The number of aryl methyl sites for hydroxylation is 1. The summed E-state index contributed by atoms with van der Waals surface area (Å²) in [6.45, 7) is 4.11. The Balaban J connectivity index is 0.000000363. The van der Waals surface area contributed by atoms with Gasteiger partial charge in [-0.25, -0.2) is 19.2 Å². The highest BCUT2D eigenvalue weighted by atomic mass is 16.4. The molecule has 0 amide bonds. The lowest BCUT2D eigenvalue weighted by Crippen LogP contribution is -2.14. The van der Waals surface area contributed by atoms with E-state index in [1.807, 2.05) is 6.92 Å². The number of unbranched alkanes of at least 4 members (excludes halogenated alkanes) is 2. The van der Waals surface area contributed by atoms with Crippen LogP contribution in [0.4, 0.5) is 0 Å². The predicted octanol–water partition coefficient (Wildman–Crippen LogP) is 4.85. The fourth-order valence-electron chi connectivity index (χ4n) is 3.21. The predicted molar refractivity (Wildman–Crippen MR) is 118 cm³/mol. The SMILES string of the molecule is CCCCc1ccc(C(=O)O)c(C(=O)O)c1CCCC.O=C(O)c1ccccc1C(=O)O. The zero-order chi connectivity index (χ0) is 24.3. The summed E-state index contributed by atoms with van der Waals surface area (Å²) in [6, 6.07) is 8.67. The fourth-order valence-corrected chi connectivity index (χ4v) is 3.21. The van der Waals surface area contributed by atoms with Gasteiger partial charge in [0.05, 0.1) is 22.3 Å². The van der Waals surface area contributed by atoms with Crippen molar-refractivity contribution in [2.24, 2.45) is 0 Å². The Morgan fingerprint density at radius 3 is 1.50 bits per heavy atom. The molecule has 0 fully saturated rings. The minimum absolute atomic E-state index is 0.0282. The smallest absolute Gasteiger partial charge is 0.336 e. The van der Waals surface area contributed by atoms with Gasteiger partial charge in [-0.3, -0.25) is 0 Å². The zero-order valence-corrected chi connectivity index (χ0v) is 18.1. The van der Waals surface area contributed by atoms with E-state index in [1.54, 1.807) is 6.07 Å². The van der Waals surface area contributed by atoms with E-state index in [0.29, 0.717) is 12.0 Å². The molecule has 2 aromatic rings. The Bertz CT molecular complexity index is 945. The maximum absolute atomic E-state index is 11.5. The van der Waals surface area contributed by atoms with Crippen LogP contribution in [0.5, 0.6) is 0 Å². The van der Waals surface area contributed by atoms with Crippen LogP contribution in [0.2, 0.25) is 0 Å². The average molecular weight is 444 g/mol. The molecule has 0 spiro atoms. The molecule has 0 aliphatic heterocycles. The van der Waals surface area contributed by atoms with Crippen LogP contribution in [0.15, 0.2) is 36.4 Å². The van der Waals surface area contributed by atoms with Gasteiger partial charge in [-0.15, -0.1) is 0 Å². The summed E-state index contributed by atoms with van der Waals surface area (Å²) >= 11 is 0. The van der Waals surface area contributed by atoms with Crippen molar-refractivity contribution in [1.29, 1.82) is 0 Å². The van der Waals surface area contributed by atoms with Crippen molar-refractivity contribution in [3.63, 3.8) is 0 Å². The monoisotopic (exact) mass is 444 g/mol. The van der Waals surface area contributed by atoms with Gasteiger partial charge in [0.1, 0.15) is 0 Å². The number of carboxylic acids is 4. The molecule has 0 bridgehead atoms.